The number of rotatable bonds is 4. The number of para-hydroxylation sites is 1. The number of imidazole rings is 1. The molecule has 0 aliphatic rings. The molecule has 7 nitrogen and oxygen atoms in total. The molecule has 0 saturated heterocycles. The first kappa shape index (κ1) is 18.7. The number of fused-ring (bicyclic) bond motifs is 1. The van der Waals surface area contributed by atoms with Crippen molar-refractivity contribution in [2.24, 2.45) is 0 Å². The summed E-state index contributed by atoms with van der Waals surface area (Å²) in [5, 5.41) is 7.43. The van der Waals surface area contributed by atoms with Crippen LogP contribution in [-0.4, -0.2) is 30.1 Å². The normalized spacial score (nSPS) is 11.0. The van der Waals surface area contributed by atoms with Gasteiger partial charge in [0, 0.05) is 29.8 Å². The van der Waals surface area contributed by atoms with Crippen LogP contribution in [0.1, 0.15) is 21.6 Å². The summed E-state index contributed by atoms with van der Waals surface area (Å²) in [6.07, 6.45) is 7.14. The summed E-state index contributed by atoms with van der Waals surface area (Å²) in [5.41, 5.74) is 5.63. The van der Waals surface area contributed by atoms with Gasteiger partial charge in [-0.3, -0.25) is 9.20 Å². The zero-order chi connectivity index (χ0) is 21.4. The molecule has 3 aromatic heterocycles. The summed E-state index contributed by atoms with van der Waals surface area (Å²) >= 11 is 0. The van der Waals surface area contributed by atoms with E-state index < -0.39 is 0 Å². The fraction of sp³-hybridized carbons (Fsp3) is 0.0833. The van der Waals surface area contributed by atoms with Gasteiger partial charge in [-0.25, -0.2) is 14.6 Å². The van der Waals surface area contributed by atoms with E-state index in [4.69, 9.17) is 0 Å². The van der Waals surface area contributed by atoms with Crippen LogP contribution in [0.5, 0.6) is 0 Å². The van der Waals surface area contributed by atoms with Crippen LogP contribution in [0.4, 0.5) is 5.69 Å². The molecule has 0 fully saturated rings. The molecule has 5 aromatic rings. The Kier molecular flexibility index (Phi) is 4.55. The highest BCUT2D eigenvalue weighted by Crippen LogP contribution is 2.26. The molecule has 0 radical (unpaired) electrons. The Balaban J connectivity index is 1.44. The predicted octanol–water partition coefficient (Wildman–Crippen LogP) is 4.45. The molecule has 7 heteroatoms. The third-order valence-corrected chi connectivity index (χ3v) is 5.27. The number of carbonyl (C=O) groups is 1. The standard InChI is InChI=1S/C24H20N6O/c1-16-9-10-18(22-15-29-12-6-11-25-24(29)28-22)13-21(16)27-23(31)20-14-26-30(17(20)2)19-7-4-3-5-8-19/h3-15H,1-2H3,(H,27,31). The molecule has 1 N–H and O–H groups in total. The van der Waals surface area contributed by atoms with Crippen molar-refractivity contribution < 1.29 is 4.79 Å². The molecule has 152 valence electrons. The lowest BCUT2D eigenvalue weighted by Gasteiger charge is -2.10. The van der Waals surface area contributed by atoms with E-state index in [1.54, 1.807) is 17.1 Å². The molecule has 1 amide bonds. The quantitative estimate of drug-likeness (QED) is 0.477. The van der Waals surface area contributed by atoms with Crippen LogP contribution in [-0.2, 0) is 0 Å². The Morgan fingerprint density at radius 1 is 1.03 bits per heavy atom. The topological polar surface area (TPSA) is 77.1 Å². The highest BCUT2D eigenvalue weighted by atomic mass is 16.1. The van der Waals surface area contributed by atoms with E-state index in [1.807, 2.05) is 85.2 Å². The number of carbonyl (C=O) groups excluding carboxylic acids is 1. The molecule has 0 atom stereocenters. The molecule has 0 aliphatic heterocycles. The second-order valence-electron chi connectivity index (χ2n) is 7.33. The molecule has 0 aliphatic carbocycles. The number of aryl methyl sites for hydroxylation is 1. The number of amides is 1. The fourth-order valence-electron chi connectivity index (χ4n) is 3.54. The van der Waals surface area contributed by atoms with Gasteiger partial charge in [0.05, 0.1) is 28.8 Å². The third kappa shape index (κ3) is 3.46. The van der Waals surface area contributed by atoms with Crippen LogP contribution in [0, 0.1) is 13.8 Å². The zero-order valence-electron chi connectivity index (χ0n) is 17.1. The van der Waals surface area contributed by atoms with Crippen LogP contribution in [0.2, 0.25) is 0 Å². The van der Waals surface area contributed by atoms with Gasteiger partial charge >= 0.3 is 0 Å². The minimum Gasteiger partial charge on any atom is -0.322 e. The van der Waals surface area contributed by atoms with Crippen molar-refractivity contribution in [3.63, 3.8) is 0 Å². The molecule has 0 saturated carbocycles. The van der Waals surface area contributed by atoms with Crippen LogP contribution in [0.25, 0.3) is 22.7 Å². The van der Waals surface area contributed by atoms with Crippen LogP contribution in [0.3, 0.4) is 0 Å². The molecule has 0 bridgehead atoms. The van der Waals surface area contributed by atoms with Crippen molar-refractivity contribution in [3.05, 3.63) is 96.2 Å². The number of aromatic nitrogens is 5. The Bertz CT molecular complexity index is 1370. The summed E-state index contributed by atoms with van der Waals surface area (Å²) < 4.78 is 3.64. The van der Waals surface area contributed by atoms with Gasteiger partial charge in [-0.2, -0.15) is 5.10 Å². The average molecular weight is 408 g/mol. The SMILES string of the molecule is Cc1ccc(-c2cn3cccnc3n2)cc1NC(=O)c1cnn(-c2ccccc2)c1C. The second kappa shape index (κ2) is 7.53. The molecular weight excluding hydrogens is 388 g/mol. The third-order valence-electron chi connectivity index (χ3n) is 5.27. The maximum atomic E-state index is 13.0. The van der Waals surface area contributed by atoms with Crippen molar-refractivity contribution in [2.75, 3.05) is 5.32 Å². The molecule has 3 heterocycles. The minimum atomic E-state index is -0.198. The van der Waals surface area contributed by atoms with Gasteiger partial charge in [-0.15, -0.1) is 0 Å². The van der Waals surface area contributed by atoms with E-state index in [-0.39, 0.29) is 5.91 Å². The summed E-state index contributed by atoms with van der Waals surface area (Å²) in [5.74, 6) is 0.434. The molecule has 5 rings (SSSR count). The first-order chi connectivity index (χ1) is 15.1. The Morgan fingerprint density at radius 2 is 1.87 bits per heavy atom. The fourth-order valence-corrected chi connectivity index (χ4v) is 3.54. The predicted molar refractivity (Wildman–Crippen MR) is 119 cm³/mol. The van der Waals surface area contributed by atoms with Gasteiger partial charge < -0.3 is 5.32 Å². The second-order valence-corrected chi connectivity index (χ2v) is 7.33. The number of hydrogen-bond donors (Lipinski definition) is 1. The monoisotopic (exact) mass is 408 g/mol. The Labute approximate surface area is 179 Å². The zero-order valence-corrected chi connectivity index (χ0v) is 17.1. The Hall–Kier alpha value is -4.26. The minimum absolute atomic E-state index is 0.198. The van der Waals surface area contributed by atoms with Crippen molar-refractivity contribution in [1.29, 1.82) is 0 Å². The summed E-state index contributed by atoms with van der Waals surface area (Å²) in [6, 6.07) is 17.5. The van der Waals surface area contributed by atoms with E-state index in [1.165, 1.54) is 0 Å². The molecule has 0 spiro atoms. The molecule has 0 unspecified atom stereocenters. The van der Waals surface area contributed by atoms with Gasteiger partial charge in [0.25, 0.3) is 5.91 Å². The van der Waals surface area contributed by atoms with E-state index in [2.05, 4.69) is 20.4 Å². The summed E-state index contributed by atoms with van der Waals surface area (Å²) in [4.78, 5) is 21.9. The highest BCUT2D eigenvalue weighted by molar-refractivity contribution is 6.05. The van der Waals surface area contributed by atoms with E-state index in [9.17, 15) is 4.79 Å². The van der Waals surface area contributed by atoms with E-state index in [0.717, 1.165) is 33.9 Å². The first-order valence-corrected chi connectivity index (χ1v) is 9.92. The average Bonchev–Trinajstić information content (AvgIpc) is 3.39. The molecular formula is C24H20N6O. The maximum Gasteiger partial charge on any atom is 0.259 e. The maximum absolute atomic E-state index is 13.0. The molecule has 2 aromatic carbocycles. The van der Waals surface area contributed by atoms with Crippen molar-refractivity contribution >= 4 is 17.4 Å². The highest BCUT2D eigenvalue weighted by Gasteiger charge is 2.17. The lowest BCUT2D eigenvalue weighted by atomic mass is 10.1. The summed E-state index contributed by atoms with van der Waals surface area (Å²) in [7, 11) is 0. The lowest BCUT2D eigenvalue weighted by Crippen LogP contribution is -2.14. The first-order valence-electron chi connectivity index (χ1n) is 9.92. The van der Waals surface area contributed by atoms with Gasteiger partial charge in [0.1, 0.15) is 0 Å². The largest absolute Gasteiger partial charge is 0.322 e. The number of hydrogen-bond acceptors (Lipinski definition) is 4. The van der Waals surface area contributed by atoms with Gasteiger partial charge in [0.2, 0.25) is 5.78 Å². The van der Waals surface area contributed by atoms with Crippen LogP contribution >= 0.6 is 0 Å². The van der Waals surface area contributed by atoms with Crippen molar-refractivity contribution in [3.8, 4) is 16.9 Å². The number of nitrogens with one attached hydrogen (secondary N) is 1. The smallest absolute Gasteiger partial charge is 0.259 e. The number of nitrogens with zero attached hydrogens (tertiary/aromatic N) is 5. The van der Waals surface area contributed by atoms with Gasteiger partial charge in [-0.05, 0) is 43.7 Å². The van der Waals surface area contributed by atoms with Crippen molar-refractivity contribution in [1.82, 2.24) is 24.1 Å². The van der Waals surface area contributed by atoms with Crippen LogP contribution in [0.15, 0.2) is 79.4 Å². The Morgan fingerprint density at radius 3 is 2.68 bits per heavy atom. The van der Waals surface area contributed by atoms with E-state index in [0.29, 0.717) is 11.3 Å². The van der Waals surface area contributed by atoms with Gasteiger partial charge in [-0.1, -0.05) is 30.3 Å². The summed E-state index contributed by atoms with van der Waals surface area (Å²) in [6.45, 7) is 3.85. The van der Waals surface area contributed by atoms with Crippen molar-refractivity contribution in [2.45, 2.75) is 13.8 Å². The number of benzene rings is 2. The van der Waals surface area contributed by atoms with Crippen LogP contribution < -0.4 is 5.32 Å². The van der Waals surface area contributed by atoms with E-state index >= 15 is 0 Å². The number of anilines is 1. The molecule has 31 heavy (non-hydrogen) atoms. The lowest BCUT2D eigenvalue weighted by molar-refractivity contribution is 0.102. The van der Waals surface area contributed by atoms with Gasteiger partial charge in [0.15, 0.2) is 0 Å².